The average molecular weight is 597 g/mol. The number of hydrogen-bond donors (Lipinski definition) is 0. The summed E-state index contributed by atoms with van der Waals surface area (Å²) in [7, 11) is 3.21. The molecule has 0 saturated carbocycles. The molecule has 6 nitrogen and oxygen atoms in total. The molecule has 38 heavy (non-hydrogen) atoms. The Morgan fingerprint density at radius 3 is 1.18 bits per heavy atom. The molecule has 1 fully saturated rings. The lowest BCUT2D eigenvalue weighted by Gasteiger charge is -2.19. The molecule has 0 aliphatic carbocycles. The monoisotopic (exact) mass is 596 g/mol. The Bertz CT molecular complexity index is 875. The zero-order chi connectivity index (χ0) is 27.0. The van der Waals surface area contributed by atoms with Crippen LogP contribution in [0.5, 0.6) is 11.5 Å². The molecule has 0 bridgehead atoms. The second-order valence-electron chi connectivity index (χ2n) is 8.52. The molecule has 0 N–H and O–H groups in total. The van der Waals surface area contributed by atoms with Gasteiger partial charge in [-0.3, -0.25) is 0 Å². The Kier molecular flexibility index (Phi) is 14.5. The van der Waals surface area contributed by atoms with Gasteiger partial charge in [0.15, 0.2) is 0 Å². The normalized spacial score (nSPS) is 20.2. The van der Waals surface area contributed by atoms with Gasteiger partial charge in [-0.05, 0) is 84.4 Å². The van der Waals surface area contributed by atoms with Crippen molar-refractivity contribution < 1.29 is 28.5 Å². The third-order valence-electron chi connectivity index (χ3n) is 5.57. The van der Waals surface area contributed by atoms with E-state index in [9.17, 15) is 9.59 Å². The molecule has 3 rings (SSSR count). The molecule has 1 heterocycles. The van der Waals surface area contributed by atoms with E-state index < -0.39 is 0 Å². The highest BCUT2D eigenvalue weighted by Crippen LogP contribution is 2.21. The molecule has 0 atom stereocenters. The van der Waals surface area contributed by atoms with Gasteiger partial charge < -0.3 is 18.9 Å². The van der Waals surface area contributed by atoms with Crippen molar-refractivity contribution in [2.45, 2.75) is 25.0 Å². The average Bonchev–Trinajstić information content (AvgIpc) is 2.95. The molecule has 208 valence electrons. The third kappa shape index (κ3) is 11.2. The van der Waals surface area contributed by atoms with E-state index in [2.05, 4.69) is 0 Å². The molecule has 1 aliphatic rings. The number of carbonyl (C=O) groups excluding carboxylic acids is 2. The first-order valence-electron chi connectivity index (χ1n) is 12.6. The van der Waals surface area contributed by atoms with Crippen LogP contribution in [0.3, 0.4) is 0 Å². The van der Waals surface area contributed by atoms with E-state index in [4.69, 9.17) is 18.9 Å². The summed E-state index contributed by atoms with van der Waals surface area (Å²) in [4.78, 5) is 25.3. The molecule has 0 amide bonds. The summed E-state index contributed by atoms with van der Waals surface area (Å²) in [6.45, 7) is 0. The molecule has 2 aromatic carbocycles. The Morgan fingerprint density at radius 1 is 0.579 bits per heavy atom. The minimum absolute atomic E-state index is 0.116. The topological polar surface area (TPSA) is 71.1 Å². The first kappa shape index (κ1) is 30.9. The van der Waals surface area contributed by atoms with Gasteiger partial charge in [0.05, 0.1) is 25.3 Å². The Labute approximate surface area is 243 Å². The highest BCUT2D eigenvalue weighted by molar-refractivity contribution is 8.01. The van der Waals surface area contributed by atoms with Crippen molar-refractivity contribution >= 4 is 59.0 Å². The maximum atomic E-state index is 12.7. The standard InChI is InChI=1S/C28H36O6S4/c1-31-23-9-5-21(6-10-23)27(29)33-25-17-35-13-3-15-37-19-26(20-38-16-4-14-36-18-25)34-28(30)22-7-11-24(32-2)12-8-22/h5-12,25-26H,3-4,13-20H2,1-2H3. The summed E-state index contributed by atoms with van der Waals surface area (Å²) < 4.78 is 22.1. The first-order chi connectivity index (χ1) is 18.6. The number of carbonyl (C=O) groups is 2. The molecule has 10 heteroatoms. The Hall–Kier alpha value is -1.62. The van der Waals surface area contributed by atoms with Gasteiger partial charge >= 0.3 is 11.9 Å². The van der Waals surface area contributed by atoms with E-state index in [0.29, 0.717) is 11.1 Å². The fraction of sp³-hybridized carbons (Fsp3) is 0.500. The Balaban J connectivity index is 1.46. The molecule has 1 aliphatic heterocycles. The second kappa shape index (κ2) is 17.9. The van der Waals surface area contributed by atoms with Crippen LogP contribution in [0.1, 0.15) is 33.6 Å². The molecular formula is C28H36O6S4. The second-order valence-corrected chi connectivity index (χ2v) is 13.1. The van der Waals surface area contributed by atoms with Gasteiger partial charge in [-0.25, -0.2) is 9.59 Å². The van der Waals surface area contributed by atoms with E-state index in [0.717, 1.165) is 70.4 Å². The smallest absolute Gasteiger partial charge is 0.338 e. The van der Waals surface area contributed by atoms with Crippen LogP contribution >= 0.6 is 47.0 Å². The molecule has 1 saturated heterocycles. The Morgan fingerprint density at radius 2 is 0.895 bits per heavy atom. The van der Waals surface area contributed by atoms with E-state index in [-0.39, 0.29) is 24.1 Å². The number of methoxy groups -OCH3 is 2. The van der Waals surface area contributed by atoms with E-state index in [1.807, 2.05) is 47.0 Å². The van der Waals surface area contributed by atoms with E-state index in [1.54, 1.807) is 62.8 Å². The van der Waals surface area contributed by atoms with Crippen molar-refractivity contribution in [3.63, 3.8) is 0 Å². The summed E-state index contributed by atoms with van der Waals surface area (Å²) >= 11 is 7.31. The zero-order valence-electron chi connectivity index (χ0n) is 21.9. The van der Waals surface area contributed by atoms with Crippen LogP contribution < -0.4 is 9.47 Å². The van der Waals surface area contributed by atoms with Crippen LogP contribution in [0.4, 0.5) is 0 Å². The van der Waals surface area contributed by atoms with Gasteiger partial charge in [0.1, 0.15) is 23.7 Å². The quantitative estimate of drug-likeness (QED) is 0.361. The largest absolute Gasteiger partial charge is 0.497 e. The van der Waals surface area contributed by atoms with Crippen molar-refractivity contribution in [3.8, 4) is 11.5 Å². The van der Waals surface area contributed by atoms with E-state index >= 15 is 0 Å². The number of thioether (sulfide) groups is 4. The van der Waals surface area contributed by atoms with Crippen molar-refractivity contribution in [1.29, 1.82) is 0 Å². The SMILES string of the molecule is COc1ccc(C(=O)OC2CSCCCSCC(OC(=O)c3ccc(OC)cc3)CSCCCSC2)cc1. The predicted molar refractivity (Wildman–Crippen MR) is 163 cm³/mol. The summed E-state index contributed by atoms with van der Waals surface area (Å²) in [5, 5.41) is 0. The lowest BCUT2D eigenvalue weighted by atomic mass is 10.2. The van der Waals surface area contributed by atoms with Crippen LogP contribution in [0.2, 0.25) is 0 Å². The highest BCUT2D eigenvalue weighted by atomic mass is 32.2. The molecule has 0 spiro atoms. The molecule has 0 radical (unpaired) electrons. The van der Waals surface area contributed by atoms with Gasteiger partial charge in [-0.15, -0.1) is 0 Å². The number of benzene rings is 2. The zero-order valence-corrected chi connectivity index (χ0v) is 25.2. The fourth-order valence-electron chi connectivity index (χ4n) is 3.51. The van der Waals surface area contributed by atoms with Crippen molar-refractivity contribution in [2.24, 2.45) is 0 Å². The number of esters is 2. The minimum Gasteiger partial charge on any atom is -0.497 e. The maximum Gasteiger partial charge on any atom is 0.338 e. The number of rotatable bonds is 6. The third-order valence-corrected chi connectivity index (χ3v) is 10.3. The maximum absolute atomic E-state index is 12.7. The summed E-state index contributed by atoms with van der Waals surface area (Å²) in [5.41, 5.74) is 1.09. The molecule has 2 aromatic rings. The van der Waals surface area contributed by atoms with Gasteiger partial charge in [0.2, 0.25) is 0 Å². The van der Waals surface area contributed by atoms with Gasteiger partial charge in [0.25, 0.3) is 0 Å². The summed E-state index contributed by atoms with van der Waals surface area (Å²) in [5.74, 6) is 8.02. The first-order valence-corrected chi connectivity index (χ1v) is 17.2. The minimum atomic E-state index is -0.283. The van der Waals surface area contributed by atoms with Crippen molar-refractivity contribution in [2.75, 3.05) is 60.2 Å². The van der Waals surface area contributed by atoms with Crippen LogP contribution in [0.15, 0.2) is 48.5 Å². The van der Waals surface area contributed by atoms with Crippen molar-refractivity contribution in [3.05, 3.63) is 59.7 Å². The van der Waals surface area contributed by atoms with E-state index in [1.165, 1.54) is 0 Å². The van der Waals surface area contributed by atoms with Gasteiger partial charge in [0, 0.05) is 23.0 Å². The molecular weight excluding hydrogens is 561 g/mol. The lowest BCUT2D eigenvalue weighted by molar-refractivity contribution is 0.0384. The number of hydrogen-bond acceptors (Lipinski definition) is 10. The molecule has 0 aromatic heterocycles. The summed E-state index contributed by atoms with van der Waals surface area (Å²) in [6.07, 6.45) is 1.87. The van der Waals surface area contributed by atoms with Crippen molar-refractivity contribution in [1.82, 2.24) is 0 Å². The van der Waals surface area contributed by atoms with Crippen LogP contribution in [0.25, 0.3) is 0 Å². The van der Waals surface area contributed by atoms with Crippen LogP contribution in [0, 0.1) is 0 Å². The van der Waals surface area contributed by atoms with Gasteiger partial charge in [-0.2, -0.15) is 47.0 Å². The van der Waals surface area contributed by atoms with Crippen LogP contribution in [-0.4, -0.2) is 84.4 Å². The lowest BCUT2D eigenvalue weighted by Crippen LogP contribution is -2.24. The summed E-state index contributed by atoms with van der Waals surface area (Å²) in [6, 6.07) is 14.1. The van der Waals surface area contributed by atoms with Gasteiger partial charge in [-0.1, -0.05) is 0 Å². The number of ether oxygens (including phenoxy) is 4. The predicted octanol–water partition coefficient (Wildman–Crippen LogP) is 6.18. The highest BCUT2D eigenvalue weighted by Gasteiger charge is 2.19. The fourth-order valence-corrected chi connectivity index (χ4v) is 8.03. The molecule has 0 unspecified atom stereocenters. The van der Waals surface area contributed by atoms with Crippen LogP contribution in [-0.2, 0) is 9.47 Å².